The lowest BCUT2D eigenvalue weighted by atomic mass is 10.1. The monoisotopic (exact) mass is 501 g/mol. The van der Waals surface area contributed by atoms with Crippen LogP contribution in [0.25, 0.3) is 0 Å². The third kappa shape index (κ3) is 6.10. The van der Waals surface area contributed by atoms with E-state index in [-0.39, 0.29) is 5.91 Å². The normalized spacial score (nSPS) is 13.8. The van der Waals surface area contributed by atoms with Crippen molar-refractivity contribution in [3.05, 3.63) is 75.9 Å². The molecule has 1 saturated heterocycles. The van der Waals surface area contributed by atoms with E-state index >= 15 is 0 Å². The van der Waals surface area contributed by atoms with Gasteiger partial charge in [-0.3, -0.25) is 4.79 Å². The fourth-order valence-corrected chi connectivity index (χ4v) is 4.85. The highest BCUT2D eigenvalue weighted by atomic mass is 35.5. The first-order chi connectivity index (χ1) is 15.9. The zero-order valence-corrected chi connectivity index (χ0v) is 20.9. The Bertz CT molecular complexity index is 1140. The molecule has 9 heteroatoms. The number of aromatic nitrogens is 2. The molecule has 2 aromatic carbocycles. The molecule has 3 aromatic rings. The molecule has 172 valence electrons. The van der Waals surface area contributed by atoms with E-state index in [4.69, 9.17) is 23.2 Å². The van der Waals surface area contributed by atoms with Gasteiger partial charge in [-0.1, -0.05) is 53.2 Å². The first kappa shape index (κ1) is 23.7. The predicted octanol–water partition coefficient (Wildman–Crippen LogP) is 5.10. The van der Waals surface area contributed by atoms with Gasteiger partial charge in [0.25, 0.3) is 5.91 Å². The van der Waals surface area contributed by atoms with E-state index in [1.54, 1.807) is 6.07 Å². The van der Waals surface area contributed by atoms with Crippen LogP contribution in [-0.2, 0) is 5.75 Å². The average molecular weight is 502 g/mol. The summed E-state index contributed by atoms with van der Waals surface area (Å²) in [6.45, 7) is 2.91. The van der Waals surface area contributed by atoms with E-state index < -0.39 is 0 Å². The zero-order valence-electron chi connectivity index (χ0n) is 18.5. The van der Waals surface area contributed by atoms with Gasteiger partial charge in [0.05, 0.1) is 0 Å². The molecule has 0 aliphatic carbocycles. The van der Waals surface area contributed by atoms with E-state index in [0.717, 1.165) is 35.2 Å². The number of carbonyl (C=O) groups excluding carboxylic acids is 1. The number of nitrogens with zero attached hydrogens (tertiary/aromatic N) is 5. The molecule has 1 aromatic heterocycles. The van der Waals surface area contributed by atoms with Gasteiger partial charge in [-0.25, -0.2) is 9.97 Å². The number of piperazine rings is 1. The first-order valence-electron chi connectivity index (χ1n) is 10.6. The minimum absolute atomic E-state index is 0.0569. The lowest BCUT2D eigenvalue weighted by molar-refractivity contribution is 0.0746. The molecule has 0 atom stereocenters. The summed E-state index contributed by atoms with van der Waals surface area (Å²) in [6, 6.07) is 17.3. The van der Waals surface area contributed by atoms with Gasteiger partial charge in [0, 0.05) is 68.4 Å². The molecule has 0 radical (unpaired) electrons. The quantitative estimate of drug-likeness (QED) is 0.266. The van der Waals surface area contributed by atoms with Crippen LogP contribution < -0.4 is 9.80 Å². The van der Waals surface area contributed by atoms with Crippen LogP contribution in [-0.4, -0.2) is 61.0 Å². The number of anilines is 2. The van der Waals surface area contributed by atoms with E-state index in [2.05, 4.69) is 20.9 Å². The minimum atomic E-state index is 0.0569. The van der Waals surface area contributed by atoms with Crippen LogP contribution in [0.1, 0.15) is 15.9 Å². The van der Waals surface area contributed by atoms with E-state index in [0.29, 0.717) is 34.7 Å². The van der Waals surface area contributed by atoms with Gasteiger partial charge in [0.1, 0.15) is 11.0 Å². The lowest BCUT2D eigenvalue weighted by Gasteiger charge is -2.36. The molecule has 0 spiro atoms. The number of hydrogen-bond donors (Lipinski definition) is 0. The number of benzene rings is 2. The maximum atomic E-state index is 13.1. The van der Waals surface area contributed by atoms with E-state index in [9.17, 15) is 4.79 Å². The summed E-state index contributed by atoms with van der Waals surface area (Å²) in [5.74, 6) is 1.47. The number of amides is 1. The summed E-state index contributed by atoms with van der Waals surface area (Å²) in [5, 5.41) is 1.75. The van der Waals surface area contributed by atoms with Gasteiger partial charge in [0.15, 0.2) is 5.16 Å². The van der Waals surface area contributed by atoms with Crippen LogP contribution in [0.2, 0.25) is 10.2 Å². The number of halogens is 2. The maximum Gasteiger partial charge on any atom is 0.253 e. The molecule has 0 saturated carbocycles. The lowest BCUT2D eigenvalue weighted by Crippen LogP contribution is -2.48. The Hall–Kier alpha value is -2.48. The summed E-state index contributed by atoms with van der Waals surface area (Å²) in [5.41, 5.74) is 2.83. The average Bonchev–Trinajstić information content (AvgIpc) is 2.82. The topological polar surface area (TPSA) is 52.6 Å². The molecule has 0 unspecified atom stereocenters. The molecule has 0 N–H and O–H groups in total. The highest BCUT2D eigenvalue weighted by Crippen LogP contribution is 2.25. The smallest absolute Gasteiger partial charge is 0.253 e. The number of hydrogen-bond acceptors (Lipinski definition) is 6. The summed E-state index contributed by atoms with van der Waals surface area (Å²) >= 11 is 13.8. The van der Waals surface area contributed by atoms with Crippen molar-refractivity contribution in [1.82, 2.24) is 14.9 Å². The Kier molecular flexibility index (Phi) is 7.63. The molecule has 1 fully saturated rings. The molecule has 1 aliphatic heterocycles. The molecule has 0 bridgehead atoms. The third-order valence-corrected chi connectivity index (χ3v) is 6.75. The third-order valence-electron chi connectivity index (χ3n) is 5.40. The molecule has 4 rings (SSSR count). The number of carbonyl (C=O) groups is 1. The Morgan fingerprint density at radius 1 is 1.00 bits per heavy atom. The van der Waals surface area contributed by atoms with Crippen LogP contribution in [0.15, 0.2) is 59.8 Å². The molecular weight excluding hydrogens is 477 g/mol. The van der Waals surface area contributed by atoms with Crippen molar-refractivity contribution in [2.75, 3.05) is 50.1 Å². The van der Waals surface area contributed by atoms with Gasteiger partial charge >= 0.3 is 0 Å². The zero-order chi connectivity index (χ0) is 23.4. The second-order valence-electron chi connectivity index (χ2n) is 7.97. The minimum Gasteiger partial charge on any atom is -0.368 e. The van der Waals surface area contributed by atoms with Gasteiger partial charge in [0.2, 0.25) is 0 Å². The predicted molar refractivity (Wildman–Crippen MR) is 137 cm³/mol. The van der Waals surface area contributed by atoms with Crippen molar-refractivity contribution < 1.29 is 4.79 Å². The molecule has 1 amide bonds. The van der Waals surface area contributed by atoms with Gasteiger partial charge in [-0.2, -0.15) is 0 Å². The van der Waals surface area contributed by atoms with Crippen LogP contribution in [0.4, 0.5) is 11.5 Å². The van der Waals surface area contributed by atoms with Crippen molar-refractivity contribution >= 4 is 52.4 Å². The van der Waals surface area contributed by atoms with Gasteiger partial charge in [-0.05, 0) is 35.9 Å². The van der Waals surface area contributed by atoms with Crippen molar-refractivity contribution in [3.63, 3.8) is 0 Å². The fourth-order valence-electron chi connectivity index (χ4n) is 3.64. The highest BCUT2D eigenvalue weighted by Gasteiger charge is 2.22. The number of thioether (sulfide) groups is 1. The van der Waals surface area contributed by atoms with Crippen molar-refractivity contribution in [2.24, 2.45) is 0 Å². The Balaban J connectivity index is 1.37. The summed E-state index contributed by atoms with van der Waals surface area (Å²) in [6.07, 6.45) is 0. The molecule has 2 heterocycles. The largest absolute Gasteiger partial charge is 0.368 e. The molecule has 1 aliphatic rings. The van der Waals surface area contributed by atoms with Gasteiger partial charge < -0.3 is 14.7 Å². The Labute approximate surface area is 208 Å². The molecular formula is C24H25Cl2N5OS. The summed E-state index contributed by atoms with van der Waals surface area (Å²) < 4.78 is 0. The second-order valence-corrected chi connectivity index (χ2v) is 9.74. The molecule has 33 heavy (non-hydrogen) atoms. The maximum absolute atomic E-state index is 13.1. The number of rotatable bonds is 6. The Morgan fingerprint density at radius 2 is 1.76 bits per heavy atom. The van der Waals surface area contributed by atoms with Crippen molar-refractivity contribution in [2.45, 2.75) is 10.9 Å². The van der Waals surface area contributed by atoms with E-state index in [1.165, 1.54) is 11.8 Å². The fraction of sp³-hybridized carbons (Fsp3) is 0.292. The summed E-state index contributed by atoms with van der Waals surface area (Å²) in [4.78, 5) is 28.0. The SMILES string of the molecule is CN(C)c1cc(Cl)nc(SCc2cccc(C(=O)N3CCN(c4cccc(Cl)c4)CC3)c2)n1. The van der Waals surface area contributed by atoms with Crippen LogP contribution in [0.5, 0.6) is 0 Å². The van der Waals surface area contributed by atoms with E-state index in [1.807, 2.05) is 66.4 Å². The van der Waals surface area contributed by atoms with Crippen LogP contribution >= 0.6 is 35.0 Å². The van der Waals surface area contributed by atoms with Crippen LogP contribution in [0, 0.1) is 0 Å². The standard InChI is InChI=1S/C24H25Cl2N5OS/c1-29(2)22-15-21(26)27-24(28-22)33-16-17-5-3-6-18(13-17)23(32)31-11-9-30(10-12-31)20-8-4-7-19(25)14-20/h3-8,13-15H,9-12,16H2,1-2H3. The molecule has 6 nitrogen and oxygen atoms in total. The Morgan fingerprint density at radius 3 is 2.48 bits per heavy atom. The van der Waals surface area contributed by atoms with Crippen molar-refractivity contribution in [3.8, 4) is 0 Å². The summed E-state index contributed by atoms with van der Waals surface area (Å²) in [7, 11) is 3.83. The highest BCUT2D eigenvalue weighted by molar-refractivity contribution is 7.98. The first-order valence-corrected chi connectivity index (χ1v) is 12.4. The second kappa shape index (κ2) is 10.6. The van der Waals surface area contributed by atoms with Crippen molar-refractivity contribution in [1.29, 1.82) is 0 Å². The van der Waals surface area contributed by atoms with Gasteiger partial charge in [-0.15, -0.1) is 0 Å². The van der Waals surface area contributed by atoms with Crippen LogP contribution in [0.3, 0.4) is 0 Å².